The third kappa shape index (κ3) is 3.80. The van der Waals surface area contributed by atoms with Crippen molar-refractivity contribution in [1.82, 2.24) is 10.2 Å². The summed E-state index contributed by atoms with van der Waals surface area (Å²) >= 11 is 0. The fourth-order valence-electron chi connectivity index (χ4n) is 6.45. The Labute approximate surface area is 197 Å². The number of piperidine rings is 1. The van der Waals surface area contributed by atoms with Crippen LogP contribution < -0.4 is 14.8 Å². The lowest BCUT2D eigenvalue weighted by atomic mass is 9.68. The number of likely N-dealkylation sites (tertiary alicyclic amines) is 1. The number of nitrogens with one attached hydrogen (secondary N) is 1. The van der Waals surface area contributed by atoms with E-state index in [1.54, 1.807) is 7.11 Å². The Morgan fingerprint density at radius 2 is 2.00 bits per heavy atom. The van der Waals surface area contributed by atoms with Gasteiger partial charge in [-0.2, -0.15) is 0 Å². The summed E-state index contributed by atoms with van der Waals surface area (Å²) in [7, 11) is 1.68. The van der Waals surface area contributed by atoms with Crippen LogP contribution in [0.15, 0.2) is 48.5 Å². The molecule has 3 aliphatic heterocycles. The van der Waals surface area contributed by atoms with Gasteiger partial charge in [-0.1, -0.05) is 56.3 Å². The van der Waals surface area contributed by atoms with E-state index in [4.69, 9.17) is 9.47 Å². The van der Waals surface area contributed by atoms with Crippen LogP contribution in [-0.4, -0.2) is 50.2 Å². The second-order valence-electron chi connectivity index (χ2n) is 10.3. The second kappa shape index (κ2) is 9.02. The van der Waals surface area contributed by atoms with Gasteiger partial charge in [0.05, 0.1) is 19.6 Å². The van der Waals surface area contributed by atoms with E-state index in [-0.39, 0.29) is 17.4 Å². The second-order valence-corrected chi connectivity index (χ2v) is 10.3. The monoisotopic (exact) mass is 448 g/mol. The molecule has 0 bridgehead atoms. The van der Waals surface area contributed by atoms with Crippen molar-refractivity contribution in [3.8, 4) is 11.5 Å². The molecule has 0 radical (unpaired) electrons. The van der Waals surface area contributed by atoms with E-state index in [9.17, 15) is 4.79 Å². The highest BCUT2D eigenvalue weighted by atomic mass is 16.5. The summed E-state index contributed by atoms with van der Waals surface area (Å²) in [6.07, 6.45) is 2.91. The topological polar surface area (TPSA) is 50.8 Å². The van der Waals surface area contributed by atoms with Gasteiger partial charge in [-0.05, 0) is 42.7 Å². The third-order valence-electron chi connectivity index (χ3n) is 8.25. The van der Waals surface area contributed by atoms with Gasteiger partial charge in [-0.3, -0.25) is 4.79 Å². The number of carbonyl (C=O) groups excluding carboxylic acids is 1. The average molecular weight is 449 g/mol. The molecule has 0 saturated carbocycles. The van der Waals surface area contributed by atoms with E-state index in [0.29, 0.717) is 24.3 Å². The molecule has 5 heteroatoms. The molecule has 0 aliphatic carbocycles. The average Bonchev–Trinajstić information content (AvgIpc) is 3.27. The van der Waals surface area contributed by atoms with Gasteiger partial charge in [0.1, 0.15) is 0 Å². The van der Waals surface area contributed by atoms with Crippen molar-refractivity contribution >= 4 is 5.91 Å². The molecular formula is C28H36N2O3. The molecule has 3 heterocycles. The summed E-state index contributed by atoms with van der Waals surface area (Å²) < 4.78 is 11.6. The molecular weight excluding hydrogens is 412 g/mol. The standard InChI is InChI=1S/C28H36N2O3/c1-19(2)24-16-21(20-8-5-4-6-9-20)12-14-30(24)27(31)23-17-29-18-28(23)13-15-33-26-22(28)10-7-11-25(26)32-3/h4-11,19,21,23-24,29H,12-18H2,1-3H3/t21-,23?,24+,28+/m1/s1. The zero-order chi connectivity index (χ0) is 23.0. The smallest absolute Gasteiger partial charge is 0.228 e. The lowest BCUT2D eigenvalue weighted by Gasteiger charge is -2.46. The first-order chi connectivity index (χ1) is 16.0. The quantitative estimate of drug-likeness (QED) is 0.755. The van der Waals surface area contributed by atoms with E-state index in [1.165, 1.54) is 5.56 Å². The molecule has 1 spiro atoms. The van der Waals surface area contributed by atoms with Crippen molar-refractivity contribution in [3.05, 3.63) is 59.7 Å². The van der Waals surface area contributed by atoms with Crippen LogP contribution in [0.2, 0.25) is 0 Å². The predicted molar refractivity (Wildman–Crippen MR) is 130 cm³/mol. The van der Waals surface area contributed by atoms with Crippen molar-refractivity contribution in [1.29, 1.82) is 0 Å². The highest BCUT2D eigenvalue weighted by Gasteiger charge is 2.53. The summed E-state index contributed by atoms with van der Waals surface area (Å²) in [6, 6.07) is 17.2. The minimum Gasteiger partial charge on any atom is -0.493 e. The van der Waals surface area contributed by atoms with Crippen molar-refractivity contribution in [2.75, 3.05) is 33.4 Å². The van der Waals surface area contributed by atoms with Gasteiger partial charge in [0.2, 0.25) is 5.91 Å². The number of fused-ring (bicyclic) bond motifs is 2. The first-order valence-electron chi connectivity index (χ1n) is 12.4. The predicted octanol–water partition coefficient (Wildman–Crippen LogP) is 4.37. The summed E-state index contributed by atoms with van der Waals surface area (Å²) in [5, 5.41) is 3.57. The van der Waals surface area contributed by atoms with Crippen molar-refractivity contribution in [2.24, 2.45) is 11.8 Å². The Balaban J connectivity index is 1.44. The molecule has 5 nitrogen and oxygen atoms in total. The van der Waals surface area contributed by atoms with Crippen molar-refractivity contribution < 1.29 is 14.3 Å². The highest BCUT2D eigenvalue weighted by molar-refractivity contribution is 5.82. The fourth-order valence-corrected chi connectivity index (χ4v) is 6.45. The number of amides is 1. The van der Waals surface area contributed by atoms with Gasteiger partial charge in [-0.15, -0.1) is 0 Å². The molecule has 2 saturated heterocycles. The summed E-state index contributed by atoms with van der Waals surface area (Å²) in [4.78, 5) is 16.4. The van der Waals surface area contributed by atoms with Crippen LogP contribution in [-0.2, 0) is 10.2 Å². The maximum Gasteiger partial charge on any atom is 0.228 e. The minimum atomic E-state index is -0.239. The van der Waals surface area contributed by atoms with Gasteiger partial charge in [-0.25, -0.2) is 0 Å². The zero-order valence-corrected chi connectivity index (χ0v) is 20.0. The first-order valence-corrected chi connectivity index (χ1v) is 12.4. The molecule has 1 amide bonds. The Bertz CT molecular complexity index is 992. The van der Waals surface area contributed by atoms with Gasteiger partial charge >= 0.3 is 0 Å². The summed E-state index contributed by atoms with van der Waals surface area (Å²) in [6.45, 7) is 7.49. The van der Waals surface area contributed by atoms with Gasteiger partial charge in [0, 0.05) is 36.7 Å². The number of methoxy groups -OCH3 is 1. The van der Waals surface area contributed by atoms with Gasteiger partial charge in [0.25, 0.3) is 0 Å². The number of para-hydroxylation sites is 1. The molecule has 33 heavy (non-hydrogen) atoms. The van der Waals surface area contributed by atoms with Crippen LogP contribution in [0.4, 0.5) is 0 Å². The van der Waals surface area contributed by atoms with Crippen LogP contribution in [0.5, 0.6) is 11.5 Å². The van der Waals surface area contributed by atoms with Crippen LogP contribution in [0.1, 0.15) is 50.2 Å². The third-order valence-corrected chi connectivity index (χ3v) is 8.25. The number of rotatable bonds is 4. The number of benzene rings is 2. The highest BCUT2D eigenvalue weighted by Crippen LogP contribution is 2.50. The molecule has 0 aromatic heterocycles. The van der Waals surface area contributed by atoms with E-state index >= 15 is 0 Å². The van der Waals surface area contributed by atoms with Crippen LogP contribution in [0.25, 0.3) is 0 Å². The van der Waals surface area contributed by atoms with Crippen molar-refractivity contribution in [3.63, 3.8) is 0 Å². The summed E-state index contributed by atoms with van der Waals surface area (Å²) in [5.41, 5.74) is 2.29. The van der Waals surface area contributed by atoms with E-state index in [1.807, 2.05) is 12.1 Å². The molecule has 3 aliphatic rings. The Kier molecular flexibility index (Phi) is 6.09. The minimum absolute atomic E-state index is 0.0817. The number of hydrogen-bond donors (Lipinski definition) is 1. The lowest BCUT2D eigenvalue weighted by Crippen LogP contribution is -2.54. The maximum atomic E-state index is 14.2. The van der Waals surface area contributed by atoms with E-state index in [2.05, 4.69) is 60.5 Å². The molecule has 1 N–H and O–H groups in total. The fraction of sp³-hybridized carbons (Fsp3) is 0.536. The van der Waals surface area contributed by atoms with Crippen LogP contribution in [0.3, 0.4) is 0 Å². The van der Waals surface area contributed by atoms with Crippen molar-refractivity contribution in [2.45, 2.75) is 50.5 Å². The first kappa shape index (κ1) is 22.3. The Morgan fingerprint density at radius 3 is 2.76 bits per heavy atom. The molecule has 2 aromatic carbocycles. The number of carbonyl (C=O) groups is 1. The Hall–Kier alpha value is -2.53. The maximum absolute atomic E-state index is 14.2. The molecule has 5 rings (SSSR count). The summed E-state index contributed by atoms with van der Waals surface area (Å²) in [5.74, 6) is 2.74. The molecule has 4 atom stereocenters. The molecule has 176 valence electrons. The van der Waals surface area contributed by atoms with Gasteiger partial charge in [0.15, 0.2) is 11.5 Å². The lowest BCUT2D eigenvalue weighted by molar-refractivity contribution is -0.142. The van der Waals surface area contributed by atoms with E-state index < -0.39 is 0 Å². The number of nitrogens with zero attached hydrogens (tertiary/aromatic N) is 1. The normalized spacial score (nSPS) is 29.1. The van der Waals surface area contributed by atoms with Crippen LogP contribution >= 0.6 is 0 Å². The van der Waals surface area contributed by atoms with Gasteiger partial charge < -0.3 is 19.7 Å². The number of hydrogen-bond acceptors (Lipinski definition) is 4. The van der Waals surface area contributed by atoms with Crippen LogP contribution in [0, 0.1) is 11.8 Å². The molecule has 2 fully saturated rings. The SMILES string of the molecule is COc1cccc2c1OCC[C@]21CNCC1C(=O)N1CC[C@@H](c2ccccc2)C[C@H]1C(C)C. The Morgan fingerprint density at radius 1 is 1.18 bits per heavy atom. The van der Waals surface area contributed by atoms with E-state index in [0.717, 1.165) is 56.0 Å². The molecule has 2 aromatic rings. The zero-order valence-electron chi connectivity index (χ0n) is 20.0. The largest absolute Gasteiger partial charge is 0.493 e. The number of ether oxygens (including phenoxy) is 2. The molecule has 1 unspecified atom stereocenters.